The summed E-state index contributed by atoms with van der Waals surface area (Å²) in [7, 11) is 0. The van der Waals surface area contributed by atoms with Gasteiger partial charge in [-0.15, -0.1) is 24.8 Å². The zero-order chi connectivity index (χ0) is 11.4. The second kappa shape index (κ2) is 7.56. The number of nitrogens with one attached hydrogen (secondary N) is 2. The van der Waals surface area contributed by atoms with Crippen LogP contribution >= 0.6 is 24.8 Å². The first kappa shape index (κ1) is 17.2. The van der Waals surface area contributed by atoms with Gasteiger partial charge >= 0.3 is 0 Å². The molecule has 18 heavy (non-hydrogen) atoms. The van der Waals surface area contributed by atoms with Crippen LogP contribution in [0.5, 0.6) is 0 Å². The van der Waals surface area contributed by atoms with Gasteiger partial charge in [0.1, 0.15) is 0 Å². The monoisotopic (exact) mass is 291 g/mol. The number of anilines is 1. The Hall–Kier alpha value is -0.840. The van der Waals surface area contributed by atoms with E-state index in [0.29, 0.717) is 0 Å². The highest BCUT2D eigenvalue weighted by molar-refractivity contribution is 5.95. The highest BCUT2D eigenvalue weighted by Gasteiger charge is 2.34. The number of nitrogens with zero attached hydrogens (tertiary/aromatic N) is 1. The molecule has 1 aromatic heterocycles. The van der Waals surface area contributed by atoms with Crippen molar-refractivity contribution in [3.8, 4) is 0 Å². The third kappa shape index (κ3) is 4.12. The first-order chi connectivity index (χ1) is 7.71. The van der Waals surface area contributed by atoms with Crippen LogP contribution in [0, 0.1) is 5.41 Å². The number of rotatable bonds is 2. The second-order valence-electron chi connectivity index (χ2n) is 4.53. The van der Waals surface area contributed by atoms with Gasteiger partial charge in [-0.25, -0.2) is 0 Å². The van der Waals surface area contributed by atoms with Crippen LogP contribution in [-0.2, 0) is 4.79 Å². The summed E-state index contributed by atoms with van der Waals surface area (Å²) in [6, 6.07) is 3.61. The molecule has 1 fully saturated rings. The topological polar surface area (TPSA) is 54.0 Å². The minimum Gasteiger partial charge on any atom is -0.325 e. The molecule has 2 N–H and O–H groups in total. The largest absolute Gasteiger partial charge is 0.325 e. The molecule has 0 aromatic carbocycles. The molecular formula is C12H19Cl2N3O. The summed E-state index contributed by atoms with van der Waals surface area (Å²) in [6.45, 7) is 3.78. The Morgan fingerprint density at radius 3 is 2.61 bits per heavy atom. The van der Waals surface area contributed by atoms with Gasteiger partial charge in [0.2, 0.25) is 5.91 Å². The molecule has 0 saturated carbocycles. The Balaban J connectivity index is 0.00000144. The Labute approximate surface area is 120 Å². The van der Waals surface area contributed by atoms with E-state index in [9.17, 15) is 4.79 Å². The lowest BCUT2D eigenvalue weighted by Crippen LogP contribution is -2.46. The van der Waals surface area contributed by atoms with E-state index in [1.165, 1.54) is 0 Å². The van der Waals surface area contributed by atoms with Crippen LogP contribution in [0.15, 0.2) is 24.5 Å². The van der Waals surface area contributed by atoms with Crippen LogP contribution in [-0.4, -0.2) is 24.0 Å². The van der Waals surface area contributed by atoms with Crippen molar-refractivity contribution in [3.63, 3.8) is 0 Å². The van der Waals surface area contributed by atoms with E-state index < -0.39 is 0 Å². The number of pyridine rings is 1. The molecule has 1 aliphatic rings. The maximum atomic E-state index is 12.1. The van der Waals surface area contributed by atoms with E-state index in [2.05, 4.69) is 15.6 Å². The molecule has 0 radical (unpaired) electrons. The van der Waals surface area contributed by atoms with Gasteiger partial charge in [-0.3, -0.25) is 9.78 Å². The number of hydrogen-bond acceptors (Lipinski definition) is 3. The van der Waals surface area contributed by atoms with E-state index in [1.807, 2.05) is 6.92 Å². The third-order valence-corrected chi connectivity index (χ3v) is 3.08. The van der Waals surface area contributed by atoms with Crippen LogP contribution in [0.2, 0.25) is 0 Å². The Bertz CT molecular complexity index is 367. The van der Waals surface area contributed by atoms with Crippen molar-refractivity contribution in [3.05, 3.63) is 24.5 Å². The molecule has 0 aliphatic carbocycles. The van der Waals surface area contributed by atoms with Crippen LogP contribution in [0.4, 0.5) is 5.69 Å². The molecule has 1 saturated heterocycles. The SMILES string of the molecule is CC1(C(=O)Nc2ccncc2)CCCNC1.Cl.Cl. The zero-order valence-electron chi connectivity index (χ0n) is 10.3. The summed E-state index contributed by atoms with van der Waals surface area (Å²) in [5, 5.41) is 6.20. The molecule has 1 amide bonds. The smallest absolute Gasteiger partial charge is 0.231 e. The van der Waals surface area contributed by atoms with Crippen molar-refractivity contribution in [2.24, 2.45) is 5.41 Å². The number of amides is 1. The van der Waals surface area contributed by atoms with Crippen LogP contribution in [0.1, 0.15) is 19.8 Å². The lowest BCUT2D eigenvalue weighted by atomic mass is 9.82. The summed E-state index contributed by atoms with van der Waals surface area (Å²) in [5.74, 6) is 0.0888. The van der Waals surface area contributed by atoms with E-state index >= 15 is 0 Å². The standard InChI is InChI=1S/C12H17N3O.2ClH/c1-12(5-2-6-14-9-12)11(16)15-10-3-7-13-8-4-10;;/h3-4,7-8,14H,2,5-6,9H2,1H3,(H,13,15,16);2*1H. The fourth-order valence-electron chi connectivity index (χ4n) is 1.97. The molecule has 6 heteroatoms. The molecule has 1 aliphatic heterocycles. The number of halogens is 2. The maximum absolute atomic E-state index is 12.1. The fraction of sp³-hybridized carbons (Fsp3) is 0.500. The van der Waals surface area contributed by atoms with Gasteiger partial charge in [0.15, 0.2) is 0 Å². The normalized spacial score (nSPS) is 22.3. The number of carbonyl (C=O) groups excluding carboxylic acids is 1. The third-order valence-electron chi connectivity index (χ3n) is 3.08. The average molecular weight is 292 g/mol. The van der Waals surface area contributed by atoms with Crippen molar-refractivity contribution in [2.75, 3.05) is 18.4 Å². The molecule has 1 atom stereocenters. The van der Waals surface area contributed by atoms with Gasteiger partial charge < -0.3 is 10.6 Å². The summed E-state index contributed by atoms with van der Waals surface area (Å²) < 4.78 is 0. The molecular weight excluding hydrogens is 273 g/mol. The number of piperidine rings is 1. The Morgan fingerprint density at radius 1 is 1.39 bits per heavy atom. The van der Waals surface area contributed by atoms with E-state index in [-0.39, 0.29) is 36.1 Å². The van der Waals surface area contributed by atoms with Crippen molar-refractivity contribution in [2.45, 2.75) is 19.8 Å². The van der Waals surface area contributed by atoms with Crippen molar-refractivity contribution in [1.82, 2.24) is 10.3 Å². The molecule has 4 nitrogen and oxygen atoms in total. The lowest BCUT2D eigenvalue weighted by Gasteiger charge is -2.32. The van der Waals surface area contributed by atoms with Gasteiger partial charge in [0.25, 0.3) is 0 Å². The second-order valence-corrected chi connectivity index (χ2v) is 4.53. The van der Waals surface area contributed by atoms with Crippen LogP contribution < -0.4 is 10.6 Å². The molecule has 2 rings (SSSR count). The lowest BCUT2D eigenvalue weighted by molar-refractivity contribution is -0.125. The minimum atomic E-state index is -0.290. The minimum absolute atomic E-state index is 0. The highest BCUT2D eigenvalue weighted by Crippen LogP contribution is 2.26. The van der Waals surface area contributed by atoms with E-state index in [0.717, 1.165) is 31.6 Å². The van der Waals surface area contributed by atoms with E-state index in [4.69, 9.17) is 0 Å². The molecule has 2 heterocycles. The summed E-state index contributed by atoms with van der Waals surface area (Å²) >= 11 is 0. The van der Waals surface area contributed by atoms with Crippen LogP contribution in [0.25, 0.3) is 0 Å². The van der Waals surface area contributed by atoms with Crippen LogP contribution in [0.3, 0.4) is 0 Å². The molecule has 1 aromatic rings. The Morgan fingerprint density at radius 2 is 2.06 bits per heavy atom. The molecule has 1 unspecified atom stereocenters. The average Bonchev–Trinajstić information content (AvgIpc) is 2.31. The Kier molecular flexibility index (Phi) is 7.21. The van der Waals surface area contributed by atoms with Crippen molar-refractivity contribution < 1.29 is 4.79 Å². The zero-order valence-corrected chi connectivity index (χ0v) is 11.9. The fourth-order valence-corrected chi connectivity index (χ4v) is 1.97. The quantitative estimate of drug-likeness (QED) is 0.879. The number of carbonyl (C=O) groups is 1. The first-order valence-electron chi connectivity index (χ1n) is 5.63. The van der Waals surface area contributed by atoms with Crippen molar-refractivity contribution >= 4 is 36.4 Å². The van der Waals surface area contributed by atoms with Gasteiger partial charge in [-0.2, -0.15) is 0 Å². The first-order valence-corrected chi connectivity index (χ1v) is 5.63. The summed E-state index contributed by atoms with van der Waals surface area (Å²) in [4.78, 5) is 16.0. The predicted molar refractivity (Wildman–Crippen MR) is 77.6 cm³/mol. The summed E-state index contributed by atoms with van der Waals surface area (Å²) in [6.07, 6.45) is 5.35. The van der Waals surface area contributed by atoms with Gasteiger partial charge in [0.05, 0.1) is 5.41 Å². The maximum Gasteiger partial charge on any atom is 0.231 e. The van der Waals surface area contributed by atoms with Crippen molar-refractivity contribution in [1.29, 1.82) is 0 Å². The van der Waals surface area contributed by atoms with Gasteiger partial charge in [-0.05, 0) is 38.4 Å². The molecule has 102 valence electrons. The summed E-state index contributed by atoms with van der Waals surface area (Å²) in [5.41, 5.74) is 0.522. The highest BCUT2D eigenvalue weighted by atomic mass is 35.5. The number of hydrogen-bond donors (Lipinski definition) is 2. The van der Waals surface area contributed by atoms with Gasteiger partial charge in [0, 0.05) is 24.6 Å². The molecule has 0 bridgehead atoms. The number of aromatic nitrogens is 1. The molecule has 0 spiro atoms. The van der Waals surface area contributed by atoms with E-state index in [1.54, 1.807) is 24.5 Å². The van der Waals surface area contributed by atoms with Gasteiger partial charge in [-0.1, -0.05) is 0 Å². The predicted octanol–water partition coefficient (Wildman–Crippen LogP) is 2.25.